The average molecular weight is 254 g/mol. The smallest absolute Gasteiger partial charge is 0.331 e. The van der Waals surface area contributed by atoms with E-state index in [-0.39, 0.29) is 0 Å². The Labute approximate surface area is 112 Å². The Bertz CT molecular complexity index is 231. The van der Waals surface area contributed by atoms with E-state index in [0.29, 0.717) is 5.57 Å². The summed E-state index contributed by atoms with van der Waals surface area (Å²) in [6.07, 6.45) is 14.4. The van der Waals surface area contributed by atoms with Crippen molar-refractivity contribution in [1.29, 1.82) is 0 Å². The largest absolute Gasteiger partial charge is 0.478 e. The van der Waals surface area contributed by atoms with E-state index in [1.165, 1.54) is 38.5 Å². The van der Waals surface area contributed by atoms with Crippen molar-refractivity contribution in [2.75, 3.05) is 0 Å². The SMILES string of the molecule is CCCCCCC/C=C(\CCCCCC)C(=O)O. The van der Waals surface area contributed by atoms with Gasteiger partial charge in [0, 0.05) is 5.57 Å². The topological polar surface area (TPSA) is 37.3 Å². The molecule has 0 spiro atoms. The van der Waals surface area contributed by atoms with Crippen molar-refractivity contribution in [3.8, 4) is 0 Å². The third kappa shape index (κ3) is 10.4. The van der Waals surface area contributed by atoms with E-state index in [0.717, 1.165) is 32.1 Å². The van der Waals surface area contributed by atoms with Gasteiger partial charge >= 0.3 is 5.97 Å². The Morgan fingerprint density at radius 3 is 2.00 bits per heavy atom. The fourth-order valence-electron chi connectivity index (χ4n) is 2.06. The number of unbranched alkanes of at least 4 members (excludes halogenated alkanes) is 8. The lowest BCUT2D eigenvalue weighted by Crippen LogP contribution is -2.00. The second-order valence-electron chi connectivity index (χ2n) is 5.05. The van der Waals surface area contributed by atoms with Gasteiger partial charge in [0.25, 0.3) is 0 Å². The van der Waals surface area contributed by atoms with Gasteiger partial charge in [-0.05, 0) is 25.7 Å². The molecule has 0 saturated heterocycles. The molecule has 106 valence electrons. The first kappa shape index (κ1) is 17.2. The highest BCUT2D eigenvalue weighted by Gasteiger charge is 2.05. The predicted octanol–water partition coefficient (Wildman–Crippen LogP) is 5.33. The van der Waals surface area contributed by atoms with Crippen molar-refractivity contribution in [3.63, 3.8) is 0 Å². The summed E-state index contributed by atoms with van der Waals surface area (Å²) < 4.78 is 0. The highest BCUT2D eigenvalue weighted by Crippen LogP contribution is 2.13. The lowest BCUT2D eigenvalue weighted by molar-refractivity contribution is -0.132. The van der Waals surface area contributed by atoms with E-state index in [4.69, 9.17) is 5.11 Å². The van der Waals surface area contributed by atoms with Crippen LogP contribution < -0.4 is 0 Å². The molecular weight excluding hydrogens is 224 g/mol. The van der Waals surface area contributed by atoms with Gasteiger partial charge in [0.1, 0.15) is 0 Å². The zero-order chi connectivity index (χ0) is 13.6. The zero-order valence-corrected chi connectivity index (χ0v) is 12.2. The van der Waals surface area contributed by atoms with Gasteiger partial charge in [0.2, 0.25) is 0 Å². The van der Waals surface area contributed by atoms with E-state index >= 15 is 0 Å². The van der Waals surface area contributed by atoms with Crippen LogP contribution in [0.25, 0.3) is 0 Å². The van der Waals surface area contributed by atoms with Gasteiger partial charge in [0.15, 0.2) is 0 Å². The second kappa shape index (κ2) is 12.7. The number of allylic oxidation sites excluding steroid dienone is 1. The molecule has 2 heteroatoms. The van der Waals surface area contributed by atoms with Crippen LogP contribution in [0.4, 0.5) is 0 Å². The molecule has 0 heterocycles. The monoisotopic (exact) mass is 254 g/mol. The number of carboxylic acids is 1. The Kier molecular flexibility index (Phi) is 12.1. The number of rotatable bonds is 12. The van der Waals surface area contributed by atoms with Crippen molar-refractivity contribution in [2.45, 2.75) is 84.5 Å². The van der Waals surface area contributed by atoms with Crippen LogP contribution in [0.2, 0.25) is 0 Å². The van der Waals surface area contributed by atoms with Gasteiger partial charge < -0.3 is 5.11 Å². The summed E-state index contributed by atoms with van der Waals surface area (Å²) in [5, 5.41) is 9.10. The first-order valence-electron chi connectivity index (χ1n) is 7.64. The molecule has 0 aromatic carbocycles. The summed E-state index contributed by atoms with van der Waals surface area (Å²) in [5.74, 6) is -0.722. The van der Waals surface area contributed by atoms with E-state index in [9.17, 15) is 4.79 Å². The molecule has 0 radical (unpaired) electrons. The van der Waals surface area contributed by atoms with Gasteiger partial charge in [0.05, 0.1) is 0 Å². The van der Waals surface area contributed by atoms with Crippen LogP contribution in [0.5, 0.6) is 0 Å². The van der Waals surface area contributed by atoms with Crippen molar-refractivity contribution in [3.05, 3.63) is 11.6 Å². The third-order valence-electron chi connectivity index (χ3n) is 3.27. The Morgan fingerprint density at radius 1 is 0.889 bits per heavy atom. The van der Waals surface area contributed by atoms with Crippen molar-refractivity contribution in [2.24, 2.45) is 0 Å². The average Bonchev–Trinajstić information content (AvgIpc) is 2.35. The van der Waals surface area contributed by atoms with E-state index in [1.54, 1.807) is 0 Å². The summed E-state index contributed by atoms with van der Waals surface area (Å²) in [7, 11) is 0. The quantitative estimate of drug-likeness (QED) is 0.377. The highest BCUT2D eigenvalue weighted by atomic mass is 16.4. The molecule has 0 amide bonds. The fourth-order valence-corrected chi connectivity index (χ4v) is 2.06. The Hall–Kier alpha value is -0.790. The number of carbonyl (C=O) groups is 1. The van der Waals surface area contributed by atoms with E-state index in [2.05, 4.69) is 13.8 Å². The van der Waals surface area contributed by atoms with Crippen LogP contribution in [-0.4, -0.2) is 11.1 Å². The molecule has 18 heavy (non-hydrogen) atoms. The normalized spacial score (nSPS) is 11.8. The van der Waals surface area contributed by atoms with E-state index < -0.39 is 5.97 Å². The van der Waals surface area contributed by atoms with Crippen molar-refractivity contribution >= 4 is 5.97 Å². The third-order valence-corrected chi connectivity index (χ3v) is 3.27. The summed E-state index contributed by atoms with van der Waals surface area (Å²) in [6, 6.07) is 0. The number of hydrogen-bond acceptors (Lipinski definition) is 1. The van der Waals surface area contributed by atoms with Gasteiger partial charge in [-0.1, -0.05) is 64.9 Å². The molecular formula is C16H30O2. The van der Waals surface area contributed by atoms with Crippen molar-refractivity contribution in [1.82, 2.24) is 0 Å². The zero-order valence-electron chi connectivity index (χ0n) is 12.2. The van der Waals surface area contributed by atoms with Crippen LogP contribution in [0.1, 0.15) is 84.5 Å². The lowest BCUT2D eigenvalue weighted by Gasteiger charge is -2.03. The molecule has 0 aromatic heterocycles. The first-order chi connectivity index (χ1) is 8.72. The molecule has 0 rings (SSSR count). The maximum Gasteiger partial charge on any atom is 0.331 e. The van der Waals surface area contributed by atoms with Crippen LogP contribution in [0.15, 0.2) is 11.6 Å². The maximum atomic E-state index is 11.1. The van der Waals surface area contributed by atoms with Crippen LogP contribution in [-0.2, 0) is 4.79 Å². The van der Waals surface area contributed by atoms with E-state index in [1.807, 2.05) is 6.08 Å². The number of aliphatic carboxylic acids is 1. The summed E-state index contributed by atoms with van der Waals surface area (Å²) in [6.45, 7) is 4.38. The maximum absolute atomic E-state index is 11.1. The van der Waals surface area contributed by atoms with Crippen molar-refractivity contribution < 1.29 is 9.90 Å². The van der Waals surface area contributed by atoms with Crippen LogP contribution >= 0.6 is 0 Å². The first-order valence-corrected chi connectivity index (χ1v) is 7.64. The Morgan fingerprint density at radius 2 is 1.44 bits per heavy atom. The van der Waals surface area contributed by atoms with Gasteiger partial charge in [-0.15, -0.1) is 0 Å². The molecule has 2 nitrogen and oxygen atoms in total. The summed E-state index contributed by atoms with van der Waals surface area (Å²) >= 11 is 0. The lowest BCUT2D eigenvalue weighted by atomic mass is 10.0. The molecule has 0 saturated carbocycles. The van der Waals surface area contributed by atoms with Gasteiger partial charge in [-0.25, -0.2) is 4.79 Å². The Balaban J connectivity index is 3.75. The molecule has 0 atom stereocenters. The molecule has 0 fully saturated rings. The molecule has 0 aromatic rings. The summed E-state index contributed by atoms with van der Waals surface area (Å²) in [5.41, 5.74) is 0.626. The van der Waals surface area contributed by atoms with Gasteiger partial charge in [-0.3, -0.25) is 0 Å². The standard InChI is InChI=1S/C16H30O2/c1-3-5-7-9-10-12-14-15(16(17)18)13-11-8-6-4-2/h14H,3-13H2,1-2H3,(H,17,18)/b15-14+. The predicted molar refractivity (Wildman–Crippen MR) is 77.9 cm³/mol. The molecule has 0 aliphatic rings. The molecule has 0 unspecified atom stereocenters. The molecule has 0 aliphatic carbocycles. The summed E-state index contributed by atoms with van der Waals surface area (Å²) in [4.78, 5) is 11.1. The number of carboxylic acid groups (broad SMARTS) is 1. The highest BCUT2D eigenvalue weighted by molar-refractivity contribution is 5.86. The second-order valence-corrected chi connectivity index (χ2v) is 5.05. The minimum Gasteiger partial charge on any atom is -0.478 e. The van der Waals surface area contributed by atoms with Crippen LogP contribution in [0.3, 0.4) is 0 Å². The minimum absolute atomic E-state index is 0.626. The molecule has 0 bridgehead atoms. The van der Waals surface area contributed by atoms with Crippen LogP contribution in [0, 0.1) is 0 Å². The minimum atomic E-state index is -0.722. The molecule has 0 aliphatic heterocycles. The van der Waals surface area contributed by atoms with Gasteiger partial charge in [-0.2, -0.15) is 0 Å². The number of hydrogen-bond donors (Lipinski definition) is 1. The fraction of sp³-hybridized carbons (Fsp3) is 0.812. The molecule has 1 N–H and O–H groups in total.